The van der Waals surface area contributed by atoms with E-state index in [9.17, 15) is 12.8 Å². The van der Waals surface area contributed by atoms with Gasteiger partial charge in [0.15, 0.2) is 0 Å². The van der Waals surface area contributed by atoms with Gasteiger partial charge in [0, 0.05) is 20.1 Å². The van der Waals surface area contributed by atoms with Gasteiger partial charge in [0.2, 0.25) is 10.0 Å². The van der Waals surface area contributed by atoms with Crippen LogP contribution >= 0.6 is 11.6 Å². The molecule has 1 aromatic rings. The van der Waals surface area contributed by atoms with E-state index in [4.69, 9.17) is 11.6 Å². The van der Waals surface area contributed by atoms with Gasteiger partial charge in [-0.25, -0.2) is 12.8 Å². The second kappa shape index (κ2) is 6.47. The lowest BCUT2D eigenvalue weighted by molar-refractivity contribution is 0.498. The van der Waals surface area contributed by atoms with E-state index in [2.05, 4.69) is 11.9 Å². The Hall–Kier alpha value is -0.950. The Morgan fingerprint density at radius 1 is 1.53 bits per heavy atom. The van der Waals surface area contributed by atoms with E-state index in [1.807, 2.05) is 0 Å². The molecule has 7 heteroatoms. The molecule has 0 aromatic heterocycles. The molecule has 106 valence electrons. The largest absolute Gasteiger partial charge is 0.316 e. The zero-order valence-corrected chi connectivity index (χ0v) is 12.4. The number of nitrogens with one attached hydrogen (secondary N) is 1. The number of likely N-dealkylation sites (N-methyl/N-ethyl adjacent to an activating group) is 1. The molecule has 19 heavy (non-hydrogen) atoms. The molecule has 0 bridgehead atoms. The van der Waals surface area contributed by atoms with E-state index in [0.29, 0.717) is 5.56 Å². The molecule has 0 aliphatic carbocycles. The van der Waals surface area contributed by atoms with Crippen molar-refractivity contribution < 1.29 is 12.8 Å². The standard InChI is InChI=1S/C12H16ClFN2O2S/c1-4-5-16(3)19(17,18)10-6-9(8-15-2)12(13)11(14)7-10/h4,6-7,15H,1,5,8H2,2-3H3. The van der Waals surface area contributed by atoms with E-state index < -0.39 is 15.8 Å². The van der Waals surface area contributed by atoms with Crippen molar-refractivity contribution in [3.63, 3.8) is 0 Å². The van der Waals surface area contributed by atoms with Crippen molar-refractivity contribution in [1.82, 2.24) is 9.62 Å². The summed E-state index contributed by atoms with van der Waals surface area (Å²) in [5.41, 5.74) is 0.398. The summed E-state index contributed by atoms with van der Waals surface area (Å²) in [5, 5.41) is 2.74. The minimum absolute atomic E-state index is 0.0697. The molecule has 0 spiro atoms. The second-order valence-electron chi connectivity index (χ2n) is 3.98. The van der Waals surface area contributed by atoms with Gasteiger partial charge in [0.1, 0.15) is 5.82 Å². The molecule has 0 radical (unpaired) electrons. The molecule has 0 heterocycles. The summed E-state index contributed by atoms with van der Waals surface area (Å²) in [6, 6.07) is 2.30. The summed E-state index contributed by atoms with van der Waals surface area (Å²) in [6.45, 7) is 3.90. The topological polar surface area (TPSA) is 49.4 Å². The van der Waals surface area contributed by atoms with E-state index >= 15 is 0 Å². The Morgan fingerprint density at radius 2 is 2.16 bits per heavy atom. The number of halogens is 2. The zero-order valence-electron chi connectivity index (χ0n) is 10.8. The number of rotatable bonds is 6. The molecule has 0 atom stereocenters. The maximum atomic E-state index is 13.7. The van der Waals surface area contributed by atoms with E-state index in [-0.39, 0.29) is 23.0 Å². The van der Waals surface area contributed by atoms with Crippen molar-refractivity contribution >= 4 is 21.6 Å². The summed E-state index contributed by atoms with van der Waals surface area (Å²) in [7, 11) is -0.676. The highest BCUT2D eigenvalue weighted by molar-refractivity contribution is 7.89. The van der Waals surface area contributed by atoms with Gasteiger partial charge >= 0.3 is 0 Å². The van der Waals surface area contributed by atoms with Crippen LogP contribution in [-0.4, -0.2) is 33.4 Å². The fourth-order valence-electron chi connectivity index (χ4n) is 1.55. The molecular formula is C12H16ClFN2O2S. The first-order valence-corrected chi connectivity index (χ1v) is 7.36. The molecule has 0 fully saturated rings. The summed E-state index contributed by atoms with van der Waals surface area (Å²) >= 11 is 5.80. The van der Waals surface area contributed by atoms with Crippen molar-refractivity contribution in [2.45, 2.75) is 11.4 Å². The Labute approximate surface area is 117 Å². The molecule has 0 amide bonds. The molecule has 0 aliphatic heterocycles. The van der Waals surface area contributed by atoms with E-state index in [1.54, 1.807) is 7.05 Å². The number of sulfonamides is 1. The summed E-state index contributed by atoms with van der Waals surface area (Å²) in [6.07, 6.45) is 1.46. The van der Waals surface area contributed by atoms with Gasteiger partial charge in [0.25, 0.3) is 0 Å². The lowest BCUT2D eigenvalue weighted by Gasteiger charge is -2.16. The van der Waals surface area contributed by atoms with Crippen molar-refractivity contribution in [1.29, 1.82) is 0 Å². The smallest absolute Gasteiger partial charge is 0.243 e. The Morgan fingerprint density at radius 3 is 2.68 bits per heavy atom. The molecule has 1 aromatic carbocycles. The zero-order chi connectivity index (χ0) is 14.6. The van der Waals surface area contributed by atoms with Gasteiger partial charge in [-0.05, 0) is 24.7 Å². The maximum Gasteiger partial charge on any atom is 0.243 e. The van der Waals surface area contributed by atoms with Crippen LogP contribution in [0.5, 0.6) is 0 Å². The minimum atomic E-state index is -3.75. The first kappa shape index (κ1) is 16.1. The predicted octanol–water partition coefficient (Wildman–Crippen LogP) is 2.00. The van der Waals surface area contributed by atoms with Gasteiger partial charge in [0.05, 0.1) is 9.92 Å². The Bertz CT molecular complexity index is 575. The number of nitrogens with zero attached hydrogens (tertiary/aromatic N) is 1. The molecule has 0 saturated carbocycles. The SMILES string of the molecule is C=CCN(C)S(=O)(=O)c1cc(F)c(Cl)c(CNC)c1. The van der Waals surface area contributed by atoms with Gasteiger partial charge in [-0.1, -0.05) is 17.7 Å². The van der Waals surface area contributed by atoms with Crippen molar-refractivity contribution in [2.24, 2.45) is 0 Å². The summed E-state index contributed by atoms with van der Waals surface area (Å²) < 4.78 is 39.1. The van der Waals surface area contributed by atoms with Crippen LogP contribution in [0.2, 0.25) is 5.02 Å². The first-order chi connectivity index (χ1) is 8.84. The summed E-state index contributed by atoms with van der Waals surface area (Å²) in [4.78, 5) is -0.121. The lowest BCUT2D eigenvalue weighted by Crippen LogP contribution is -2.27. The highest BCUT2D eigenvalue weighted by atomic mass is 35.5. The lowest BCUT2D eigenvalue weighted by atomic mass is 10.2. The van der Waals surface area contributed by atoms with Crippen LogP contribution in [0.25, 0.3) is 0 Å². The highest BCUT2D eigenvalue weighted by Gasteiger charge is 2.22. The molecule has 0 aliphatic rings. The van der Waals surface area contributed by atoms with Crippen LogP contribution in [0.1, 0.15) is 5.56 Å². The van der Waals surface area contributed by atoms with Crippen LogP contribution in [-0.2, 0) is 16.6 Å². The third-order valence-electron chi connectivity index (χ3n) is 2.54. The first-order valence-electron chi connectivity index (χ1n) is 5.54. The molecule has 1 N–H and O–H groups in total. The molecule has 0 unspecified atom stereocenters. The fourth-order valence-corrected chi connectivity index (χ4v) is 2.93. The minimum Gasteiger partial charge on any atom is -0.316 e. The molecule has 4 nitrogen and oxygen atoms in total. The quantitative estimate of drug-likeness (QED) is 0.818. The third kappa shape index (κ3) is 3.54. The third-order valence-corrected chi connectivity index (χ3v) is 4.76. The second-order valence-corrected chi connectivity index (χ2v) is 6.41. The van der Waals surface area contributed by atoms with Crippen LogP contribution < -0.4 is 5.32 Å². The fraction of sp³-hybridized carbons (Fsp3) is 0.333. The van der Waals surface area contributed by atoms with Gasteiger partial charge in [-0.15, -0.1) is 6.58 Å². The highest BCUT2D eigenvalue weighted by Crippen LogP contribution is 2.25. The van der Waals surface area contributed by atoms with Crippen molar-refractivity contribution in [3.8, 4) is 0 Å². The average molecular weight is 307 g/mol. The Balaban J connectivity index is 3.31. The molecular weight excluding hydrogens is 291 g/mol. The van der Waals surface area contributed by atoms with Gasteiger partial charge in [-0.3, -0.25) is 0 Å². The van der Waals surface area contributed by atoms with E-state index in [1.165, 1.54) is 19.2 Å². The normalized spacial score (nSPS) is 11.8. The van der Waals surface area contributed by atoms with E-state index in [0.717, 1.165) is 10.4 Å². The number of benzene rings is 1. The van der Waals surface area contributed by atoms with Crippen LogP contribution in [0, 0.1) is 5.82 Å². The number of hydrogen-bond donors (Lipinski definition) is 1. The van der Waals surface area contributed by atoms with Crippen LogP contribution in [0.15, 0.2) is 29.7 Å². The monoisotopic (exact) mass is 306 g/mol. The van der Waals surface area contributed by atoms with Gasteiger partial charge < -0.3 is 5.32 Å². The van der Waals surface area contributed by atoms with Crippen molar-refractivity contribution in [3.05, 3.63) is 41.2 Å². The van der Waals surface area contributed by atoms with Crippen LogP contribution in [0.4, 0.5) is 4.39 Å². The van der Waals surface area contributed by atoms with Crippen molar-refractivity contribution in [2.75, 3.05) is 20.6 Å². The maximum absolute atomic E-state index is 13.7. The summed E-state index contributed by atoms with van der Waals surface area (Å²) in [5.74, 6) is -0.750. The Kier molecular flexibility index (Phi) is 5.49. The van der Waals surface area contributed by atoms with Gasteiger partial charge in [-0.2, -0.15) is 4.31 Å². The predicted molar refractivity (Wildman–Crippen MR) is 74.2 cm³/mol. The molecule has 0 saturated heterocycles. The average Bonchev–Trinajstić information content (AvgIpc) is 2.35. The number of hydrogen-bond acceptors (Lipinski definition) is 3. The molecule has 1 rings (SSSR count). The van der Waals surface area contributed by atoms with Crippen LogP contribution in [0.3, 0.4) is 0 Å².